The van der Waals surface area contributed by atoms with Crippen LogP contribution in [0.1, 0.15) is 36.2 Å². The summed E-state index contributed by atoms with van der Waals surface area (Å²) in [5, 5.41) is 10.2. The van der Waals surface area contributed by atoms with Gasteiger partial charge in [0.15, 0.2) is 6.23 Å². The summed E-state index contributed by atoms with van der Waals surface area (Å²) >= 11 is 0. The van der Waals surface area contributed by atoms with Crippen LogP contribution in [-0.2, 0) is 11.3 Å². The summed E-state index contributed by atoms with van der Waals surface area (Å²) in [4.78, 5) is 13.3. The van der Waals surface area contributed by atoms with E-state index in [1.807, 2.05) is 0 Å². The summed E-state index contributed by atoms with van der Waals surface area (Å²) in [6, 6.07) is 10.4. The SMILES string of the molecule is N=C(OC(N)c1ccc(Cn2c(=O)n(C3CCNCC3)c3ccc(F)cc32)cc1)C(F)(F)F. The molecule has 2 aromatic carbocycles. The Morgan fingerprint density at radius 1 is 1.15 bits per heavy atom. The second-order valence-electron chi connectivity index (χ2n) is 7.96. The molecule has 7 nitrogen and oxygen atoms in total. The first-order chi connectivity index (χ1) is 15.6. The molecular formula is C22H23F4N5O2. The van der Waals surface area contributed by atoms with E-state index in [9.17, 15) is 22.4 Å². The molecule has 3 aromatic rings. The highest BCUT2D eigenvalue weighted by Crippen LogP contribution is 2.25. The van der Waals surface area contributed by atoms with Crippen LogP contribution in [0.15, 0.2) is 47.3 Å². The third kappa shape index (κ3) is 4.79. The quantitative estimate of drug-likeness (QED) is 0.233. The average Bonchev–Trinajstić information content (AvgIpc) is 3.05. The van der Waals surface area contributed by atoms with E-state index in [-0.39, 0.29) is 23.8 Å². The highest BCUT2D eigenvalue weighted by molar-refractivity contribution is 5.78. The Bertz CT molecular complexity index is 1210. The molecule has 11 heteroatoms. The van der Waals surface area contributed by atoms with Gasteiger partial charge in [-0.05, 0) is 49.7 Å². The second kappa shape index (κ2) is 8.99. The van der Waals surface area contributed by atoms with Crippen LogP contribution in [0.5, 0.6) is 0 Å². The fraction of sp³-hybridized carbons (Fsp3) is 0.364. The zero-order valence-corrected chi connectivity index (χ0v) is 17.5. The van der Waals surface area contributed by atoms with E-state index in [4.69, 9.17) is 11.1 Å². The lowest BCUT2D eigenvalue weighted by molar-refractivity contribution is -0.0846. The molecule has 1 atom stereocenters. The van der Waals surface area contributed by atoms with Crippen molar-refractivity contribution in [2.45, 2.75) is 37.8 Å². The Labute approximate surface area is 186 Å². The molecule has 1 unspecified atom stereocenters. The highest BCUT2D eigenvalue weighted by Gasteiger charge is 2.38. The van der Waals surface area contributed by atoms with Gasteiger partial charge in [-0.2, -0.15) is 13.2 Å². The molecular weight excluding hydrogens is 442 g/mol. The van der Waals surface area contributed by atoms with Gasteiger partial charge in [0.05, 0.1) is 17.6 Å². The van der Waals surface area contributed by atoms with Gasteiger partial charge in [0.2, 0.25) is 0 Å². The van der Waals surface area contributed by atoms with Crippen LogP contribution >= 0.6 is 0 Å². The van der Waals surface area contributed by atoms with E-state index < -0.39 is 24.1 Å². The summed E-state index contributed by atoms with van der Waals surface area (Å²) in [5.74, 6) is -2.33. The smallest absolute Gasteiger partial charge is 0.451 e. The largest absolute Gasteiger partial charge is 0.467 e. The van der Waals surface area contributed by atoms with Crippen molar-refractivity contribution in [2.75, 3.05) is 13.1 Å². The topological polar surface area (TPSA) is 98.1 Å². The third-order valence-corrected chi connectivity index (χ3v) is 5.75. The number of fused-ring (bicyclic) bond motifs is 1. The van der Waals surface area contributed by atoms with Gasteiger partial charge >= 0.3 is 11.9 Å². The van der Waals surface area contributed by atoms with Gasteiger partial charge in [0.1, 0.15) is 5.82 Å². The first kappa shape index (κ1) is 23.0. The summed E-state index contributed by atoms with van der Waals surface area (Å²) in [7, 11) is 0. The Morgan fingerprint density at radius 3 is 2.45 bits per heavy atom. The second-order valence-corrected chi connectivity index (χ2v) is 7.96. The molecule has 0 bridgehead atoms. The first-order valence-electron chi connectivity index (χ1n) is 10.4. The maximum atomic E-state index is 14.0. The molecule has 2 heterocycles. The monoisotopic (exact) mass is 465 g/mol. The number of benzene rings is 2. The minimum absolute atomic E-state index is 0.00874. The zero-order chi connectivity index (χ0) is 23.8. The third-order valence-electron chi connectivity index (χ3n) is 5.75. The number of hydrogen-bond donors (Lipinski definition) is 3. The van der Waals surface area contributed by atoms with Crippen LogP contribution in [-0.4, -0.2) is 34.3 Å². The number of imidazole rings is 1. The number of alkyl halides is 3. The fourth-order valence-electron chi connectivity index (χ4n) is 4.08. The Hall–Kier alpha value is -3.18. The van der Waals surface area contributed by atoms with Crippen LogP contribution < -0.4 is 16.7 Å². The van der Waals surface area contributed by atoms with Crippen molar-refractivity contribution in [2.24, 2.45) is 5.73 Å². The Morgan fingerprint density at radius 2 is 1.82 bits per heavy atom. The predicted molar refractivity (Wildman–Crippen MR) is 115 cm³/mol. The van der Waals surface area contributed by atoms with Crippen LogP contribution in [0.25, 0.3) is 11.0 Å². The van der Waals surface area contributed by atoms with Crippen molar-refractivity contribution in [1.29, 1.82) is 5.41 Å². The molecule has 0 saturated carbocycles. The minimum atomic E-state index is -4.92. The van der Waals surface area contributed by atoms with Gasteiger partial charge in [-0.25, -0.2) is 9.18 Å². The normalized spacial score (nSPS) is 16.2. The number of aromatic nitrogens is 2. The lowest BCUT2D eigenvalue weighted by atomic mass is 10.1. The number of halogens is 4. The standard InChI is InChI=1S/C22H23F4N5O2/c23-15-5-6-17-18(11-15)30(21(32)31(17)16-7-9-29-10-8-16)12-13-1-3-14(4-2-13)19(27)33-20(28)22(24,25)26/h1-6,11,16,19,28-29H,7-10,12,27H2. The molecule has 0 radical (unpaired) electrons. The molecule has 1 aromatic heterocycles. The van der Waals surface area contributed by atoms with E-state index in [1.54, 1.807) is 22.8 Å². The van der Waals surface area contributed by atoms with Gasteiger partial charge in [-0.3, -0.25) is 20.3 Å². The van der Waals surface area contributed by atoms with Gasteiger partial charge in [-0.15, -0.1) is 0 Å². The van der Waals surface area contributed by atoms with Gasteiger partial charge in [0.25, 0.3) is 5.90 Å². The Kier molecular flexibility index (Phi) is 6.26. The summed E-state index contributed by atoms with van der Waals surface area (Å²) in [6.07, 6.45) is -4.81. The molecule has 1 fully saturated rings. The molecule has 4 rings (SSSR count). The number of hydrogen-bond acceptors (Lipinski definition) is 5. The van der Waals surface area contributed by atoms with Gasteiger partial charge in [-0.1, -0.05) is 24.3 Å². The van der Waals surface area contributed by atoms with Crippen molar-refractivity contribution < 1.29 is 22.3 Å². The van der Waals surface area contributed by atoms with Crippen LogP contribution in [0, 0.1) is 11.2 Å². The van der Waals surface area contributed by atoms with Gasteiger partial charge in [0, 0.05) is 11.6 Å². The fourth-order valence-corrected chi connectivity index (χ4v) is 4.08. The van der Waals surface area contributed by atoms with Crippen molar-refractivity contribution in [3.05, 3.63) is 69.9 Å². The van der Waals surface area contributed by atoms with Gasteiger partial charge < -0.3 is 10.1 Å². The maximum Gasteiger partial charge on any atom is 0.467 e. The van der Waals surface area contributed by atoms with E-state index >= 15 is 0 Å². The van der Waals surface area contributed by atoms with Crippen LogP contribution in [0.3, 0.4) is 0 Å². The molecule has 0 amide bonds. The summed E-state index contributed by atoms with van der Waals surface area (Å²) in [5.41, 5.74) is 7.43. The van der Waals surface area contributed by atoms with Crippen molar-refractivity contribution in [3.63, 3.8) is 0 Å². The average molecular weight is 465 g/mol. The molecule has 4 N–H and O–H groups in total. The number of piperidine rings is 1. The number of ether oxygens (including phenoxy) is 1. The number of rotatable bonds is 5. The molecule has 1 aliphatic heterocycles. The molecule has 0 aliphatic carbocycles. The van der Waals surface area contributed by atoms with Crippen molar-refractivity contribution >= 4 is 16.9 Å². The molecule has 1 aliphatic rings. The lowest BCUT2D eigenvalue weighted by Crippen LogP contribution is -2.35. The van der Waals surface area contributed by atoms with E-state index in [2.05, 4.69) is 10.1 Å². The molecule has 33 heavy (non-hydrogen) atoms. The number of nitrogens with zero attached hydrogens (tertiary/aromatic N) is 2. The summed E-state index contributed by atoms with van der Waals surface area (Å²) < 4.78 is 59.1. The number of nitrogens with one attached hydrogen (secondary N) is 2. The molecule has 1 saturated heterocycles. The van der Waals surface area contributed by atoms with E-state index in [0.717, 1.165) is 25.9 Å². The zero-order valence-electron chi connectivity index (χ0n) is 17.5. The van der Waals surface area contributed by atoms with Crippen LogP contribution in [0.2, 0.25) is 0 Å². The highest BCUT2D eigenvalue weighted by atomic mass is 19.4. The van der Waals surface area contributed by atoms with Crippen LogP contribution in [0.4, 0.5) is 17.6 Å². The van der Waals surface area contributed by atoms with Crippen molar-refractivity contribution in [3.8, 4) is 0 Å². The molecule has 0 spiro atoms. The number of nitrogens with two attached hydrogens (primary N) is 1. The van der Waals surface area contributed by atoms with E-state index in [0.29, 0.717) is 16.6 Å². The maximum absolute atomic E-state index is 14.0. The summed E-state index contributed by atoms with van der Waals surface area (Å²) in [6.45, 7) is 1.73. The predicted octanol–water partition coefficient (Wildman–Crippen LogP) is 3.43. The van der Waals surface area contributed by atoms with E-state index in [1.165, 1.54) is 28.8 Å². The molecule has 176 valence electrons. The van der Waals surface area contributed by atoms with Crippen molar-refractivity contribution in [1.82, 2.24) is 14.5 Å². The minimum Gasteiger partial charge on any atom is -0.451 e. The Balaban J connectivity index is 1.61. The lowest BCUT2D eigenvalue weighted by Gasteiger charge is -2.23. The first-order valence-corrected chi connectivity index (χ1v) is 10.4.